The third kappa shape index (κ3) is 5.15. The first-order valence-electron chi connectivity index (χ1n) is 10.2. The number of aromatic nitrogens is 2. The summed E-state index contributed by atoms with van der Waals surface area (Å²) in [6, 6.07) is 13.8. The van der Waals surface area contributed by atoms with Crippen LogP contribution in [0.4, 0.5) is 4.39 Å². The third-order valence-electron chi connectivity index (χ3n) is 4.98. The van der Waals surface area contributed by atoms with Gasteiger partial charge in [-0.25, -0.2) is 9.37 Å². The van der Waals surface area contributed by atoms with Crippen molar-refractivity contribution in [3.05, 3.63) is 78.8 Å². The standard InChI is InChI=1S/C24H21FN4O4/c1-2-12-29-13-11-20(24(29)31)33-21-14-19(22(26)30)27-23(28-21)15-3-7-17(8-4-15)32-18-9-5-16(25)6-10-18/h2-10,14,20H,1,11-13H2,(H2,26,30). The second-order valence-electron chi connectivity index (χ2n) is 7.33. The molecule has 1 atom stereocenters. The van der Waals surface area contributed by atoms with Gasteiger partial charge in [-0.2, -0.15) is 4.98 Å². The number of likely N-dealkylation sites (tertiary alicyclic amines) is 1. The fraction of sp³-hybridized carbons (Fsp3) is 0.167. The molecule has 4 rings (SSSR count). The Hall–Kier alpha value is -4.27. The lowest BCUT2D eigenvalue weighted by Crippen LogP contribution is -2.32. The van der Waals surface area contributed by atoms with E-state index in [1.165, 1.54) is 30.3 Å². The fourth-order valence-corrected chi connectivity index (χ4v) is 3.35. The van der Waals surface area contributed by atoms with Crippen molar-refractivity contribution in [3.8, 4) is 28.8 Å². The molecule has 168 valence electrons. The molecule has 0 bridgehead atoms. The van der Waals surface area contributed by atoms with E-state index in [0.717, 1.165) is 0 Å². The molecule has 0 radical (unpaired) electrons. The van der Waals surface area contributed by atoms with Gasteiger partial charge < -0.3 is 20.1 Å². The number of rotatable bonds is 8. The van der Waals surface area contributed by atoms with Crippen molar-refractivity contribution in [2.75, 3.05) is 13.1 Å². The van der Waals surface area contributed by atoms with E-state index in [1.807, 2.05) is 0 Å². The van der Waals surface area contributed by atoms with Crippen LogP contribution < -0.4 is 15.2 Å². The normalized spacial score (nSPS) is 15.4. The Morgan fingerprint density at radius 2 is 1.82 bits per heavy atom. The highest BCUT2D eigenvalue weighted by Gasteiger charge is 2.33. The van der Waals surface area contributed by atoms with Gasteiger partial charge in [-0.1, -0.05) is 6.08 Å². The Morgan fingerprint density at radius 3 is 2.45 bits per heavy atom. The van der Waals surface area contributed by atoms with E-state index in [4.69, 9.17) is 15.2 Å². The summed E-state index contributed by atoms with van der Waals surface area (Å²) in [5.41, 5.74) is 5.98. The molecule has 0 saturated carbocycles. The minimum atomic E-state index is -0.745. The highest BCUT2D eigenvalue weighted by atomic mass is 19.1. The zero-order chi connectivity index (χ0) is 23.4. The molecular weight excluding hydrogens is 427 g/mol. The van der Waals surface area contributed by atoms with Crippen LogP contribution >= 0.6 is 0 Å². The van der Waals surface area contributed by atoms with Crippen LogP contribution in [0.15, 0.2) is 67.3 Å². The summed E-state index contributed by atoms with van der Waals surface area (Å²) in [6.07, 6.45) is 1.44. The van der Waals surface area contributed by atoms with Gasteiger partial charge >= 0.3 is 0 Å². The largest absolute Gasteiger partial charge is 0.464 e. The first-order valence-corrected chi connectivity index (χ1v) is 10.2. The van der Waals surface area contributed by atoms with Crippen molar-refractivity contribution in [2.24, 2.45) is 5.73 Å². The van der Waals surface area contributed by atoms with Crippen molar-refractivity contribution in [3.63, 3.8) is 0 Å². The minimum absolute atomic E-state index is 0.0324. The molecule has 9 heteroatoms. The van der Waals surface area contributed by atoms with E-state index in [2.05, 4.69) is 16.5 Å². The topological polar surface area (TPSA) is 108 Å². The second-order valence-corrected chi connectivity index (χ2v) is 7.33. The highest BCUT2D eigenvalue weighted by Crippen LogP contribution is 2.26. The summed E-state index contributed by atoms with van der Waals surface area (Å²) in [5, 5.41) is 0. The molecule has 2 amide bonds. The van der Waals surface area contributed by atoms with Crippen LogP contribution in [0.3, 0.4) is 0 Å². The molecule has 2 N–H and O–H groups in total. The van der Waals surface area contributed by atoms with Gasteiger partial charge in [0.2, 0.25) is 5.88 Å². The second kappa shape index (κ2) is 9.47. The van der Waals surface area contributed by atoms with Crippen LogP contribution in [-0.2, 0) is 4.79 Å². The molecule has 8 nitrogen and oxygen atoms in total. The number of carbonyl (C=O) groups is 2. The average molecular weight is 448 g/mol. The minimum Gasteiger partial charge on any atom is -0.464 e. The molecule has 0 aliphatic carbocycles. The molecule has 1 unspecified atom stereocenters. The number of nitrogens with two attached hydrogens (primary N) is 1. The predicted molar refractivity (Wildman–Crippen MR) is 118 cm³/mol. The highest BCUT2D eigenvalue weighted by molar-refractivity contribution is 5.91. The summed E-state index contributed by atoms with van der Waals surface area (Å²) < 4.78 is 24.5. The number of benzene rings is 2. The number of halogens is 1. The van der Waals surface area contributed by atoms with Crippen molar-refractivity contribution in [2.45, 2.75) is 12.5 Å². The zero-order valence-corrected chi connectivity index (χ0v) is 17.6. The molecule has 33 heavy (non-hydrogen) atoms. The number of nitrogens with zero attached hydrogens (tertiary/aromatic N) is 3. The van der Waals surface area contributed by atoms with E-state index in [9.17, 15) is 14.0 Å². The maximum absolute atomic E-state index is 13.1. The summed E-state index contributed by atoms with van der Waals surface area (Å²) in [5.74, 6) is 0.0336. The first kappa shape index (κ1) is 21.9. The summed E-state index contributed by atoms with van der Waals surface area (Å²) in [4.78, 5) is 34.5. The Balaban J connectivity index is 1.55. The summed E-state index contributed by atoms with van der Waals surface area (Å²) in [7, 11) is 0. The lowest BCUT2D eigenvalue weighted by atomic mass is 10.2. The first-order chi connectivity index (χ1) is 15.9. The van der Waals surface area contributed by atoms with Gasteiger partial charge in [0.05, 0.1) is 0 Å². The predicted octanol–water partition coefficient (Wildman–Crippen LogP) is 3.34. The monoisotopic (exact) mass is 448 g/mol. The quantitative estimate of drug-likeness (QED) is 0.530. The van der Waals surface area contributed by atoms with E-state index in [-0.39, 0.29) is 29.1 Å². The van der Waals surface area contributed by atoms with Gasteiger partial charge in [0.15, 0.2) is 11.9 Å². The van der Waals surface area contributed by atoms with E-state index in [1.54, 1.807) is 35.2 Å². The summed E-state index contributed by atoms with van der Waals surface area (Å²) in [6.45, 7) is 4.63. The van der Waals surface area contributed by atoms with Crippen LogP contribution in [0.25, 0.3) is 11.4 Å². The number of amides is 2. The Bertz CT molecular complexity index is 1180. The molecule has 1 fully saturated rings. The van der Waals surface area contributed by atoms with Gasteiger partial charge in [0.1, 0.15) is 23.0 Å². The lowest BCUT2D eigenvalue weighted by molar-refractivity contribution is -0.133. The molecule has 1 aliphatic rings. The third-order valence-corrected chi connectivity index (χ3v) is 4.98. The number of ether oxygens (including phenoxy) is 2. The van der Waals surface area contributed by atoms with Crippen molar-refractivity contribution < 1.29 is 23.5 Å². The van der Waals surface area contributed by atoms with Crippen LogP contribution in [0.2, 0.25) is 0 Å². The molecule has 0 spiro atoms. The molecule has 1 aromatic heterocycles. The molecule has 1 aliphatic heterocycles. The van der Waals surface area contributed by atoms with E-state index in [0.29, 0.717) is 36.6 Å². The van der Waals surface area contributed by atoms with Gasteiger partial charge in [-0.3, -0.25) is 9.59 Å². The van der Waals surface area contributed by atoms with Gasteiger partial charge in [0, 0.05) is 31.1 Å². The number of primary amides is 1. The Morgan fingerprint density at radius 1 is 1.15 bits per heavy atom. The molecule has 3 aromatic rings. The zero-order valence-electron chi connectivity index (χ0n) is 17.6. The van der Waals surface area contributed by atoms with Crippen molar-refractivity contribution >= 4 is 11.8 Å². The average Bonchev–Trinajstić information content (AvgIpc) is 3.15. The number of carbonyl (C=O) groups excluding carboxylic acids is 2. The maximum atomic E-state index is 13.1. The van der Waals surface area contributed by atoms with Crippen molar-refractivity contribution in [1.29, 1.82) is 0 Å². The smallest absolute Gasteiger partial charge is 0.267 e. The molecule has 2 aromatic carbocycles. The van der Waals surface area contributed by atoms with Crippen LogP contribution in [-0.4, -0.2) is 45.9 Å². The lowest BCUT2D eigenvalue weighted by Gasteiger charge is -2.15. The molecular formula is C24H21FN4O4. The van der Waals surface area contributed by atoms with Crippen LogP contribution in [0.1, 0.15) is 16.9 Å². The van der Waals surface area contributed by atoms with Crippen molar-refractivity contribution in [1.82, 2.24) is 14.9 Å². The van der Waals surface area contributed by atoms with E-state index < -0.39 is 12.0 Å². The van der Waals surface area contributed by atoms with Crippen LogP contribution in [0.5, 0.6) is 17.4 Å². The fourth-order valence-electron chi connectivity index (χ4n) is 3.35. The van der Waals surface area contributed by atoms with Gasteiger partial charge in [-0.15, -0.1) is 6.58 Å². The Kier molecular flexibility index (Phi) is 6.30. The number of hydrogen-bond acceptors (Lipinski definition) is 6. The van der Waals surface area contributed by atoms with Crippen LogP contribution in [0, 0.1) is 5.82 Å². The molecule has 1 saturated heterocycles. The summed E-state index contributed by atoms with van der Waals surface area (Å²) >= 11 is 0. The van der Waals surface area contributed by atoms with Gasteiger partial charge in [-0.05, 0) is 48.5 Å². The number of hydrogen-bond donors (Lipinski definition) is 1. The Labute approximate surface area is 189 Å². The van der Waals surface area contributed by atoms with Gasteiger partial charge in [0.25, 0.3) is 11.8 Å². The molecule has 2 heterocycles. The van der Waals surface area contributed by atoms with E-state index >= 15 is 0 Å². The SMILES string of the molecule is C=CCN1CCC(Oc2cc(C(N)=O)nc(-c3ccc(Oc4ccc(F)cc4)cc3)n2)C1=O. The maximum Gasteiger partial charge on any atom is 0.267 e.